The lowest BCUT2D eigenvalue weighted by atomic mass is 10.1. The third kappa shape index (κ3) is 4.44. The van der Waals surface area contributed by atoms with Gasteiger partial charge in [-0.1, -0.05) is 23.8 Å². The van der Waals surface area contributed by atoms with Crippen molar-refractivity contribution >= 4 is 17.2 Å². The van der Waals surface area contributed by atoms with Crippen molar-refractivity contribution in [3.8, 4) is 11.3 Å². The number of amides is 1. The van der Waals surface area contributed by atoms with E-state index < -0.39 is 5.91 Å². The summed E-state index contributed by atoms with van der Waals surface area (Å²) in [6.07, 6.45) is 3.74. The van der Waals surface area contributed by atoms with Gasteiger partial charge in [0.25, 0.3) is 5.91 Å². The maximum Gasteiger partial charge on any atom is 0.271 e. The molecule has 30 heavy (non-hydrogen) atoms. The number of ether oxygens (including phenoxy) is 1. The van der Waals surface area contributed by atoms with Gasteiger partial charge in [-0.2, -0.15) is 15.0 Å². The van der Waals surface area contributed by atoms with Crippen LogP contribution in [-0.4, -0.2) is 38.0 Å². The molecule has 0 aliphatic heterocycles. The minimum Gasteiger partial charge on any atom is -0.439 e. The molecule has 0 unspecified atom stereocenters. The normalized spacial score (nSPS) is 11.1. The molecule has 0 radical (unpaired) electrons. The van der Waals surface area contributed by atoms with Gasteiger partial charge in [0.1, 0.15) is 5.01 Å². The Hall–Kier alpha value is -3.37. The first-order chi connectivity index (χ1) is 14.5. The predicted molar refractivity (Wildman–Crippen MR) is 110 cm³/mol. The van der Waals surface area contributed by atoms with E-state index in [1.165, 1.54) is 0 Å². The quantitative estimate of drug-likeness (QED) is 0.461. The first-order valence-corrected chi connectivity index (χ1v) is 10.0. The highest BCUT2D eigenvalue weighted by atomic mass is 32.1. The maximum absolute atomic E-state index is 11.9. The van der Waals surface area contributed by atoms with Gasteiger partial charge in [0.05, 0.1) is 31.5 Å². The molecule has 3 heterocycles. The van der Waals surface area contributed by atoms with Gasteiger partial charge in [0, 0.05) is 23.7 Å². The number of carbonyl (C=O) groups is 1. The van der Waals surface area contributed by atoms with Crippen LogP contribution in [0.4, 0.5) is 0 Å². The highest BCUT2D eigenvalue weighted by Gasteiger charge is 2.20. The van der Waals surface area contributed by atoms with Crippen LogP contribution in [0.1, 0.15) is 37.5 Å². The van der Waals surface area contributed by atoms with Gasteiger partial charge in [-0.3, -0.25) is 4.79 Å². The second-order valence-electron chi connectivity index (χ2n) is 6.72. The highest BCUT2D eigenvalue weighted by molar-refractivity contribution is 7.11. The number of aromatic nitrogens is 5. The molecule has 2 N–H and O–H groups in total. The number of primary amides is 1. The lowest BCUT2D eigenvalue weighted by Crippen LogP contribution is -2.12. The summed E-state index contributed by atoms with van der Waals surface area (Å²) in [5.41, 5.74) is 8.08. The summed E-state index contributed by atoms with van der Waals surface area (Å²) in [7, 11) is 1.64. The molecule has 0 spiro atoms. The fourth-order valence-corrected chi connectivity index (χ4v) is 3.86. The standard InChI is InChI=1S/C20H20N6O3S/c1-12-4-3-5-13(6-12)19-18(20(21)27)24-16(29-19)7-14-8-23-26(25-14)10-15-9-22-17(30-15)11-28-2/h3-6,8-9H,7,10-11H2,1-2H3,(H2,21,27). The van der Waals surface area contributed by atoms with Crippen molar-refractivity contribution in [2.45, 2.75) is 26.5 Å². The van der Waals surface area contributed by atoms with Crippen LogP contribution in [0.5, 0.6) is 0 Å². The number of hydrogen-bond acceptors (Lipinski definition) is 8. The largest absolute Gasteiger partial charge is 0.439 e. The molecule has 0 bridgehead atoms. The summed E-state index contributed by atoms with van der Waals surface area (Å²) in [6.45, 7) is 2.95. The number of hydrogen-bond donors (Lipinski definition) is 1. The Morgan fingerprint density at radius 3 is 2.97 bits per heavy atom. The molecule has 0 aliphatic carbocycles. The summed E-state index contributed by atoms with van der Waals surface area (Å²) < 4.78 is 11.0. The fourth-order valence-electron chi connectivity index (χ4n) is 2.99. The van der Waals surface area contributed by atoms with E-state index in [4.69, 9.17) is 14.9 Å². The van der Waals surface area contributed by atoms with E-state index in [1.54, 1.807) is 35.6 Å². The van der Waals surface area contributed by atoms with Crippen molar-refractivity contribution in [3.63, 3.8) is 0 Å². The summed E-state index contributed by atoms with van der Waals surface area (Å²) in [4.78, 5) is 23.0. The number of benzene rings is 1. The first-order valence-electron chi connectivity index (χ1n) is 9.20. The summed E-state index contributed by atoms with van der Waals surface area (Å²) >= 11 is 1.55. The maximum atomic E-state index is 11.9. The van der Waals surface area contributed by atoms with Crippen LogP contribution in [0.15, 0.2) is 41.1 Å². The number of rotatable bonds is 8. The number of nitrogens with two attached hydrogens (primary N) is 1. The van der Waals surface area contributed by atoms with Crippen molar-refractivity contribution in [2.24, 2.45) is 5.73 Å². The predicted octanol–water partition coefficient (Wildman–Crippen LogP) is 2.58. The number of carbonyl (C=O) groups excluding carboxylic acids is 1. The average Bonchev–Trinajstić information content (AvgIpc) is 3.43. The molecule has 9 nitrogen and oxygen atoms in total. The third-order valence-electron chi connectivity index (χ3n) is 4.27. The van der Waals surface area contributed by atoms with Crippen molar-refractivity contribution in [3.05, 3.63) is 69.4 Å². The van der Waals surface area contributed by atoms with Crippen molar-refractivity contribution in [1.29, 1.82) is 0 Å². The van der Waals surface area contributed by atoms with Crippen LogP contribution in [0.2, 0.25) is 0 Å². The molecule has 0 atom stereocenters. The van der Waals surface area contributed by atoms with Crippen molar-refractivity contribution in [2.75, 3.05) is 7.11 Å². The van der Waals surface area contributed by atoms with Gasteiger partial charge < -0.3 is 14.9 Å². The zero-order chi connectivity index (χ0) is 21.1. The number of nitrogens with zero attached hydrogens (tertiary/aromatic N) is 5. The summed E-state index contributed by atoms with van der Waals surface area (Å²) in [6, 6.07) is 7.62. The van der Waals surface area contributed by atoms with E-state index in [0.29, 0.717) is 36.9 Å². The van der Waals surface area contributed by atoms with Gasteiger partial charge >= 0.3 is 0 Å². The Morgan fingerprint density at radius 2 is 2.20 bits per heavy atom. The van der Waals surface area contributed by atoms with Crippen LogP contribution < -0.4 is 5.73 Å². The van der Waals surface area contributed by atoms with E-state index >= 15 is 0 Å². The molecule has 0 aliphatic rings. The van der Waals surface area contributed by atoms with Crippen LogP contribution >= 0.6 is 11.3 Å². The molecule has 4 aromatic rings. The SMILES string of the molecule is COCc1ncc(Cn2ncc(Cc3nc(C(N)=O)c(-c4cccc(C)c4)o3)n2)s1. The van der Waals surface area contributed by atoms with Crippen LogP contribution in [0.3, 0.4) is 0 Å². The number of thiazole rings is 1. The lowest BCUT2D eigenvalue weighted by Gasteiger charge is -1.99. The van der Waals surface area contributed by atoms with E-state index in [0.717, 1.165) is 21.0 Å². The monoisotopic (exact) mass is 424 g/mol. The van der Waals surface area contributed by atoms with Crippen LogP contribution in [0.25, 0.3) is 11.3 Å². The zero-order valence-electron chi connectivity index (χ0n) is 16.5. The molecule has 3 aromatic heterocycles. The molecule has 1 amide bonds. The molecule has 1 aromatic carbocycles. The van der Waals surface area contributed by atoms with Gasteiger partial charge in [-0.05, 0) is 13.0 Å². The molecule has 4 rings (SSSR count). The Morgan fingerprint density at radius 1 is 1.33 bits per heavy atom. The van der Waals surface area contributed by atoms with Gasteiger partial charge in [-0.15, -0.1) is 11.3 Å². The van der Waals surface area contributed by atoms with Crippen LogP contribution in [-0.2, 0) is 24.3 Å². The molecule has 10 heteroatoms. The van der Waals surface area contributed by atoms with E-state index in [-0.39, 0.29) is 5.69 Å². The Bertz CT molecular complexity index is 1180. The Balaban J connectivity index is 1.52. The second kappa shape index (κ2) is 8.56. The van der Waals surface area contributed by atoms with Crippen molar-refractivity contribution < 1.29 is 13.9 Å². The van der Waals surface area contributed by atoms with Crippen LogP contribution in [0, 0.1) is 6.92 Å². The molecule has 0 saturated heterocycles. The fraction of sp³-hybridized carbons (Fsp3) is 0.250. The molecule has 154 valence electrons. The Kier molecular flexibility index (Phi) is 5.68. The van der Waals surface area contributed by atoms with E-state index in [1.807, 2.05) is 31.2 Å². The third-order valence-corrected chi connectivity index (χ3v) is 5.22. The van der Waals surface area contributed by atoms with Gasteiger partial charge in [-0.25, -0.2) is 9.97 Å². The average molecular weight is 424 g/mol. The smallest absolute Gasteiger partial charge is 0.271 e. The van der Waals surface area contributed by atoms with Crippen molar-refractivity contribution in [1.82, 2.24) is 25.0 Å². The zero-order valence-corrected chi connectivity index (χ0v) is 17.3. The first kappa shape index (κ1) is 19.9. The molecule has 0 saturated carbocycles. The summed E-state index contributed by atoms with van der Waals surface area (Å²) in [5, 5.41) is 9.66. The minimum absolute atomic E-state index is 0.110. The topological polar surface area (TPSA) is 122 Å². The second-order valence-corrected chi connectivity index (χ2v) is 7.92. The highest BCUT2D eigenvalue weighted by Crippen LogP contribution is 2.26. The van der Waals surface area contributed by atoms with Gasteiger partial charge in [0.15, 0.2) is 11.5 Å². The number of methoxy groups -OCH3 is 1. The van der Waals surface area contributed by atoms with E-state index in [9.17, 15) is 4.79 Å². The molecular formula is C20H20N6O3S. The minimum atomic E-state index is -0.637. The molecular weight excluding hydrogens is 404 g/mol. The lowest BCUT2D eigenvalue weighted by molar-refractivity contribution is 0.0996. The number of aryl methyl sites for hydroxylation is 1. The molecule has 0 fully saturated rings. The number of oxazole rings is 1. The Labute approximate surface area is 176 Å². The van der Waals surface area contributed by atoms with Gasteiger partial charge in [0.2, 0.25) is 5.89 Å². The van der Waals surface area contributed by atoms with E-state index in [2.05, 4.69) is 20.2 Å². The summed E-state index contributed by atoms with van der Waals surface area (Å²) in [5.74, 6) is 0.0821.